The molecule has 50 heavy (non-hydrogen) atoms. The van der Waals surface area contributed by atoms with Gasteiger partial charge < -0.3 is 35.1 Å². The average molecular weight is 690 g/mol. The van der Waals surface area contributed by atoms with Gasteiger partial charge >= 0.3 is 12.2 Å². The van der Waals surface area contributed by atoms with E-state index in [2.05, 4.69) is 20.9 Å². The summed E-state index contributed by atoms with van der Waals surface area (Å²) in [6, 6.07) is 14.7. The fourth-order valence-corrected chi connectivity index (χ4v) is 6.30. The molecule has 0 atom stereocenters. The second-order valence-electron chi connectivity index (χ2n) is 12.2. The molecule has 3 aromatic carbocycles. The van der Waals surface area contributed by atoms with E-state index in [1.54, 1.807) is 53.6 Å². The molecule has 1 saturated heterocycles. The number of carbonyl (C=O) groups excluding carboxylic acids is 2. The number of allylic oxidation sites excluding steroid dienone is 1. The van der Waals surface area contributed by atoms with E-state index in [0.717, 1.165) is 37.3 Å². The second kappa shape index (κ2) is 15.0. The van der Waals surface area contributed by atoms with Crippen LogP contribution in [0.4, 0.5) is 35.0 Å². The predicted molar refractivity (Wildman–Crippen MR) is 185 cm³/mol. The number of nitrogens with zero attached hydrogens (tertiary/aromatic N) is 2. The third kappa shape index (κ3) is 8.04. The second-order valence-corrected chi connectivity index (χ2v) is 12.2. The lowest BCUT2D eigenvalue weighted by Crippen LogP contribution is -2.45. The van der Waals surface area contributed by atoms with Crippen molar-refractivity contribution >= 4 is 39.9 Å². The quantitative estimate of drug-likeness (QED) is 0.162. The Morgan fingerprint density at radius 3 is 2.32 bits per heavy atom. The van der Waals surface area contributed by atoms with Gasteiger partial charge in [0.15, 0.2) is 11.5 Å². The number of piperidine rings is 1. The Morgan fingerprint density at radius 2 is 1.62 bits per heavy atom. The summed E-state index contributed by atoms with van der Waals surface area (Å²) >= 11 is 0. The molecule has 262 valence electrons. The Kier molecular flexibility index (Phi) is 10.3. The zero-order chi connectivity index (χ0) is 35.3. The van der Waals surface area contributed by atoms with E-state index in [0.29, 0.717) is 65.5 Å². The molecule has 0 radical (unpaired) electrons. The van der Waals surface area contributed by atoms with Crippen molar-refractivity contribution in [2.24, 2.45) is 0 Å². The highest BCUT2D eigenvalue weighted by Gasteiger charge is 2.36. The van der Waals surface area contributed by atoms with Crippen LogP contribution in [0.25, 0.3) is 10.9 Å². The third-order valence-corrected chi connectivity index (χ3v) is 8.84. The minimum atomic E-state index is -4.65. The number of aromatic nitrogens is 1. The minimum Gasteiger partial charge on any atom is -0.493 e. The Morgan fingerprint density at radius 1 is 0.880 bits per heavy atom. The van der Waals surface area contributed by atoms with Crippen LogP contribution in [0.2, 0.25) is 0 Å². The molecule has 6 rings (SSSR count). The molecule has 2 aliphatic rings. The molecule has 13 heteroatoms. The standard InChI is InChI=1S/C37H38F3N5O5/c1-48-33-21-28-30(22-34(33)49-2)41-16-13-32(28)50-27-10-6-9-25(19-27)43-36(47)44-26-11-12-31(29(20-26)37(38,39)40)45-17-14-24(15-18-45)42-35(46)23-7-4-3-5-8-23/h6-7,9-13,16,19-22,24H,3-5,8,14-15,17-18H2,1-2H3,(H,42,46)(H2,43,44,47). The van der Waals surface area contributed by atoms with Gasteiger partial charge in [0.1, 0.15) is 11.5 Å². The highest BCUT2D eigenvalue weighted by molar-refractivity contribution is 6.00. The summed E-state index contributed by atoms with van der Waals surface area (Å²) in [7, 11) is 3.07. The summed E-state index contributed by atoms with van der Waals surface area (Å²) in [4.78, 5) is 31.6. The van der Waals surface area contributed by atoms with Gasteiger partial charge in [-0.1, -0.05) is 12.1 Å². The minimum absolute atomic E-state index is 0.0125. The highest BCUT2D eigenvalue weighted by Crippen LogP contribution is 2.40. The van der Waals surface area contributed by atoms with Crippen LogP contribution in [0.3, 0.4) is 0 Å². The van der Waals surface area contributed by atoms with Crippen molar-refractivity contribution in [1.82, 2.24) is 10.3 Å². The zero-order valence-electron chi connectivity index (χ0n) is 27.7. The number of benzene rings is 3. The first-order chi connectivity index (χ1) is 24.1. The summed E-state index contributed by atoms with van der Waals surface area (Å²) in [5.41, 5.74) is 0.959. The summed E-state index contributed by atoms with van der Waals surface area (Å²) in [6.45, 7) is 0.714. The first-order valence-electron chi connectivity index (χ1n) is 16.4. The van der Waals surface area contributed by atoms with Crippen molar-refractivity contribution in [1.29, 1.82) is 0 Å². The fourth-order valence-electron chi connectivity index (χ4n) is 6.30. The fraction of sp³-hybridized carbons (Fsp3) is 0.324. The number of anilines is 3. The SMILES string of the molecule is COc1cc2nccc(Oc3cccc(NC(=O)Nc4ccc(N5CCC(NC(=O)C6=CCCCC6)CC5)c(C(F)(F)F)c4)c3)c2cc1OC. The maximum atomic E-state index is 14.3. The molecule has 0 spiro atoms. The van der Waals surface area contributed by atoms with E-state index in [9.17, 15) is 22.8 Å². The highest BCUT2D eigenvalue weighted by atomic mass is 19.4. The number of amides is 3. The first kappa shape index (κ1) is 34.4. The molecule has 10 nitrogen and oxygen atoms in total. The van der Waals surface area contributed by atoms with E-state index >= 15 is 0 Å². The van der Waals surface area contributed by atoms with Gasteiger partial charge in [-0.2, -0.15) is 13.2 Å². The predicted octanol–water partition coefficient (Wildman–Crippen LogP) is 8.29. The van der Waals surface area contributed by atoms with Crippen LogP contribution in [0.15, 0.2) is 78.5 Å². The van der Waals surface area contributed by atoms with Gasteiger partial charge in [0.05, 0.1) is 25.3 Å². The number of hydrogen-bond donors (Lipinski definition) is 3. The molecule has 3 N–H and O–H groups in total. The van der Waals surface area contributed by atoms with Gasteiger partial charge in [0.2, 0.25) is 5.91 Å². The number of urea groups is 1. The van der Waals surface area contributed by atoms with Crippen LogP contribution in [0.1, 0.15) is 44.1 Å². The lowest BCUT2D eigenvalue weighted by molar-refractivity contribution is -0.137. The molecule has 1 aromatic heterocycles. The van der Waals surface area contributed by atoms with Crippen molar-refractivity contribution in [3.63, 3.8) is 0 Å². The zero-order valence-corrected chi connectivity index (χ0v) is 27.7. The van der Waals surface area contributed by atoms with Gasteiger partial charge in [-0.3, -0.25) is 9.78 Å². The molecule has 2 heterocycles. The van der Waals surface area contributed by atoms with Crippen LogP contribution >= 0.6 is 0 Å². The molecule has 0 bridgehead atoms. The number of rotatable bonds is 9. The molecule has 3 amide bonds. The van der Waals surface area contributed by atoms with Crippen LogP contribution in [-0.4, -0.2) is 50.3 Å². The van der Waals surface area contributed by atoms with Crippen LogP contribution in [-0.2, 0) is 11.0 Å². The van der Waals surface area contributed by atoms with Crippen molar-refractivity contribution in [3.05, 3.63) is 84.1 Å². The van der Waals surface area contributed by atoms with Gasteiger partial charge in [-0.05, 0) is 81.0 Å². The normalized spacial score (nSPS) is 15.2. The Labute approximate surface area is 287 Å². The number of nitrogens with one attached hydrogen (secondary N) is 3. The summed E-state index contributed by atoms with van der Waals surface area (Å²) in [5, 5.41) is 8.90. The number of halogens is 3. The van der Waals surface area contributed by atoms with E-state index in [4.69, 9.17) is 14.2 Å². The van der Waals surface area contributed by atoms with Gasteiger partial charge in [-0.25, -0.2) is 4.79 Å². The van der Waals surface area contributed by atoms with Gasteiger partial charge in [0, 0.05) is 65.5 Å². The molecule has 4 aromatic rings. The Bertz CT molecular complexity index is 1910. The average Bonchev–Trinajstić information content (AvgIpc) is 3.11. The lowest BCUT2D eigenvalue weighted by atomic mass is 9.97. The number of fused-ring (bicyclic) bond motifs is 1. The molecular weight excluding hydrogens is 651 g/mol. The number of ether oxygens (including phenoxy) is 3. The van der Waals surface area contributed by atoms with Crippen LogP contribution in [0.5, 0.6) is 23.0 Å². The van der Waals surface area contributed by atoms with E-state index in [1.165, 1.54) is 26.4 Å². The smallest absolute Gasteiger partial charge is 0.418 e. The number of hydrogen-bond acceptors (Lipinski definition) is 7. The first-order valence-corrected chi connectivity index (χ1v) is 16.4. The lowest BCUT2D eigenvalue weighted by Gasteiger charge is -2.35. The molecule has 0 saturated carbocycles. The third-order valence-electron chi connectivity index (χ3n) is 8.84. The van der Waals surface area contributed by atoms with Crippen molar-refractivity contribution in [2.45, 2.75) is 50.7 Å². The van der Waals surface area contributed by atoms with Crippen molar-refractivity contribution < 1.29 is 37.0 Å². The topological polar surface area (TPSA) is 114 Å². The largest absolute Gasteiger partial charge is 0.493 e. The Hall–Kier alpha value is -5.46. The number of methoxy groups -OCH3 is 2. The molecule has 1 aliphatic heterocycles. The summed E-state index contributed by atoms with van der Waals surface area (Å²) < 4.78 is 59.7. The maximum absolute atomic E-state index is 14.3. The van der Waals surface area contributed by atoms with E-state index in [1.807, 2.05) is 6.08 Å². The number of pyridine rings is 1. The molecule has 0 unspecified atom stereocenters. The van der Waals surface area contributed by atoms with Crippen molar-refractivity contribution in [2.75, 3.05) is 42.8 Å². The monoisotopic (exact) mass is 689 g/mol. The molecule has 1 aliphatic carbocycles. The maximum Gasteiger partial charge on any atom is 0.418 e. The van der Waals surface area contributed by atoms with E-state index < -0.39 is 17.8 Å². The van der Waals surface area contributed by atoms with E-state index in [-0.39, 0.29) is 23.3 Å². The Balaban J connectivity index is 1.10. The van der Waals surface area contributed by atoms with Crippen LogP contribution in [0, 0.1) is 0 Å². The number of alkyl halides is 3. The van der Waals surface area contributed by atoms with Crippen LogP contribution < -0.4 is 35.1 Å². The number of carbonyl (C=O) groups is 2. The van der Waals surface area contributed by atoms with Crippen molar-refractivity contribution in [3.8, 4) is 23.0 Å². The molecular formula is C37H38F3N5O5. The summed E-state index contributed by atoms with van der Waals surface area (Å²) in [6.07, 6.45) is 3.71. The summed E-state index contributed by atoms with van der Waals surface area (Å²) in [5.74, 6) is 1.85. The molecule has 1 fully saturated rings. The van der Waals surface area contributed by atoms with Gasteiger partial charge in [0.25, 0.3) is 0 Å². The van der Waals surface area contributed by atoms with Gasteiger partial charge in [-0.15, -0.1) is 0 Å².